The first-order chi connectivity index (χ1) is 10.8. The van der Waals surface area contributed by atoms with Gasteiger partial charge in [0.15, 0.2) is 9.84 Å². The van der Waals surface area contributed by atoms with Gasteiger partial charge in [0.2, 0.25) is 0 Å². The Labute approximate surface area is 138 Å². The monoisotopic (exact) mass is 339 g/mol. The Balaban J connectivity index is 2.11. The molecule has 0 bridgehead atoms. The first kappa shape index (κ1) is 17.9. The van der Waals surface area contributed by atoms with E-state index in [2.05, 4.69) is 13.8 Å². The van der Waals surface area contributed by atoms with Gasteiger partial charge in [-0.25, -0.2) is 8.42 Å². The molecule has 1 fully saturated rings. The Hall–Kier alpha value is -1.40. The number of carbonyl (C=O) groups excluding carboxylic acids is 1. The van der Waals surface area contributed by atoms with E-state index in [4.69, 9.17) is 4.74 Å². The molecule has 1 amide bonds. The summed E-state index contributed by atoms with van der Waals surface area (Å²) in [6.07, 6.45) is 1.14. The van der Waals surface area contributed by atoms with Crippen molar-refractivity contribution < 1.29 is 17.9 Å². The summed E-state index contributed by atoms with van der Waals surface area (Å²) in [4.78, 5) is 14.7. The minimum Gasteiger partial charge on any atom is -0.384 e. The van der Waals surface area contributed by atoms with Crippen molar-refractivity contribution in [2.45, 2.75) is 25.2 Å². The molecule has 23 heavy (non-hydrogen) atoms. The molecule has 1 heterocycles. The number of likely N-dealkylation sites (tertiary alicyclic amines) is 1. The van der Waals surface area contributed by atoms with Crippen molar-refractivity contribution in [3.63, 3.8) is 0 Å². The second-order valence-electron chi connectivity index (χ2n) is 6.49. The summed E-state index contributed by atoms with van der Waals surface area (Å²) in [6, 6.07) is 6.22. The Morgan fingerprint density at radius 1 is 1.17 bits per heavy atom. The van der Waals surface area contributed by atoms with E-state index in [0.29, 0.717) is 17.4 Å². The van der Waals surface area contributed by atoms with Gasteiger partial charge in [0, 0.05) is 25.8 Å². The molecule has 2 atom stereocenters. The Morgan fingerprint density at radius 2 is 1.74 bits per heavy atom. The molecular formula is C17H25NO4S. The molecule has 6 heteroatoms. The number of amides is 1. The van der Waals surface area contributed by atoms with Gasteiger partial charge in [-0.3, -0.25) is 4.79 Å². The van der Waals surface area contributed by atoms with Crippen molar-refractivity contribution in [1.29, 1.82) is 0 Å². The van der Waals surface area contributed by atoms with Crippen LogP contribution in [-0.4, -0.2) is 51.8 Å². The molecule has 0 spiro atoms. The lowest BCUT2D eigenvalue weighted by atomic mass is 9.91. The summed E-state index contributed by atoms with van der Waals surface area (Å²) in [6.45, 7) is 5.99. The van der Waals surface area contributed by atoms with Gasteiger partial charge in [-0.05, 0) is 42.5 Å². The standard InChI is InChI=1S/C17H25NO4S/c1-13-10-14(2)12-18(11-13)17(19)15-4-6-16(7-5-15)23(20,21)9-8-22-3/h4-7,13-14H,8-12H2,1-3H3/t13-,14-/m1/s1. The van der Waals surface area contributed by atoms with E-state index < -0.39 is 9.84 Å². The lowest BCUT2D eigenvalue weighted by Crippen LogP contribution is -2.42. The first-order valence-corrected chi connectivity index (χ1v) is 9.59. The predicted octanol–water partition coefficient (Wildman–Crippen LogP) is 2.22. The average molecular weight is 339 g/mol. The van der Waals surface area contributed by atoms with Crippen LogP contribution in [0.1, 0.15) is 30.6 Å². The van der Waals surface area contributed by atoms with Gasteiger partial charge < -0.3 is 9.64 Å². The summed E-state index contributed by atoms with van der Waals surface area (Å²) in [5.41, 5.74) is 0.539. The normalized spacial score (nSPS) is 22.1. The molecule has 2 rings (SSSR count). The molecule has 1 aliphatic heterocycles. The third-order valence-corrected chi connectivity index (χ3v) is 5.87. The molecule has 5 nitrogen and oxygen atoms in total. The SMILES string of the molecule is COCCS(=O)(=O)c1ccc(C(=O)N2C[C@H](C)C[C@@H](C)C2)cc1. The third kappa shape index (κ3) is 4.54. The van der Waals surface area contributed by atoms with Crippen LogP contribution in [0, 0.1) is 11.8 Å². The number of hydrogen-bond acceptors (Lipinski definition) is 4. The highest BCUT2D eigenvalue weighted by Gasteiger charge is 2.26. The van der Waals surface area contributed by atoms with Crippen LogP contribution in [-0.2, 0) is 14.6 Å². The summed E-state index contributed by atoms with van der Waals surface area (Å²) in [5.74, 6) is 0.912. The maximum Gasteiger partial charge on any atom is 0.253 e. The van der Waals surface area contributed by atoms with Gasteiger partial charge in [0.1, 0.15) is 0 Å². The second kappa shape index (κ2) is 7.45. The zero-order chi connectivity index (χ0) is 17.0. The molecule has 0 unspecified atom stereocenters. The van der Waals surface area contributed by atoms with Gasteiger partial charge in [0.05, 0.1) is 17.3 Å². The van der Waals surface area contributed by atoms with Crippen LogP contribution in [0.3, 0.4) is 0 Å². The Kier molecular flexibility index (Phi) is 5.81. The zero-order valence-electron chi connectivity index (χ0n) is 14.0. The lowest BCUT2D eigenvalue weighted by molar-refractivity contribution is 0.0623. The largest absolute Gasteiger partial charge is 0.384 e. The highest BCUT2D eigenvalue weighted by molar-refractivity contribution is 7.91. The molecule has 128 valence electrons. The van der Waals surface area contributed by atoms with Gasteiger partial charge >= 0.3 is 0 Å². The molecule has 1 saturated heterocycles. The topological polar surface area (TPSA) is 63.7 Å². The number of rotatable bonds is 5. The maximum absolute atomic E-state index is 12.6. The van der Waals surface area contributed by atoms with Crippen molar-refractivity contribution >= 4 is 15.7 Å². The van der Waals surface area contributed by atoms with Gasteiger partial charge in [-0.15, -0.1) is 0 Å². The molecule has 0 aliphatic carbocycles. The fourth-order valence-electron chi connectivity index (χ4n) is 3.13. The molecule has 0 N–H and O–H groups in total. The summed E-state index contributed by atoms with van der Waals surface area (Å²) in [5, 5.41) is 0. The van der Waals surface area contributed by atoms with Gasteiger partial charge in [-0.1, -0.05) is 13.8 Å². The summed E-state index contributed by atoms with van der Waals surface area (Å²) in [7, 11) is -1.89. The first-order valence-electron chi connectivity index (χ1n) is 7.94. The lowest BCUT2D eigenvalue weighted by Gasteiger charge is -2.35. The van der Waals surface area contributed by atoms with Crippen molar-refractivity contribution in [3.8, 4) is 0 Å². The predicted molar refractivity (Wildman–Crippen MR) is 89.2 cm³/mol. The number of sulfone groups is 1. The number of ether oxygens (including phenoxy) is 1. The Bertz CT molecular complexity index is 629. The molecule has 1 aliphatic rings. The van der Waals surface area contributed by atoms with E-state index in [-0.39, 0.29) is 23.2 Å². The smallest absolute Gasteiger partial charge is 0.253 e. The summed E-state index contributed by atoms with van der Waals surface area (Å²) >= 11 is 0. The van der Waals surface area contributed by atoms with E-state index >= 15 is 0 Å². The highest BCUT2D eigenvalue weighted by atomic mass is 32.2. The molecule has 0 saturated carbocycles. The van der Waals surface area contributed by atoms with E-state index in [1.165, 1.54) is 19.2 Å². The van der Waals surface area contributed by atoms with E-state index in [0.717, 1.165) is 19.5 Å². The van der Waals surface area contributed by atoms with Crippen LogP contribution in [0.5, 0.6) is 0 Å². The summed E-state index contributed by atoms with van der Waals surface area (Å²) < 4.78 is 29.0. The van der Waals surface area contributed by atoms with E-state index in [1.54, 1.807) is 12.1 Å². The van der Waals surface area contributed by atoms with Crippen LogP contribution in [0.25, 0.3) is 0 Å². The van der Waals surface area contributed by atoms with E-state index in [1.807, 2.05) is 4.90 Å². The van der Waals surface area contributed by atoms with Crippen LogP contribution < -0.4 is 0 Å². The molecule has 1 aromatic carbocycles. The van der Waals surface area contributed by atoms with Crippen molar-refractivity contribution in [3.05, 3.63) is 29.8 Å². The molecule has 0 radical (unpaired) electrons. The van der Waals surface area contributed by atoms with Crippen LogP contribution >= 0.6 is 0 Å². The van der Waals surface area contributed by atoms with Crippen molar-refractivity contribution in [2.24, 2.45) is 11.8 Å². The second-order valence-corrected chi connectivity index (χ2v) is 8.60. The number of benzene rings is 1. The van der Waals surface area contributed by atoms with Crippen LogP contribution in [0.15, 0.2) is 29.2 Å². The minimum absolute atomic E-state index is 0.0239. The molecule has 0 aromatic heterocycles. The molecular weight excluding hydrogens is 314 g/mol. The number of hydrogen-bond donors (Lipinski definition) is 0. The number of nitrogens with zero attached hydrogens (tertiary/aromatic N) is 1. The van der Waals surface area contributed by atoms with E-state index in [9.17, 15) is 13.2 Å². The van der Waals surface area contributed by atoms with Crippen molar-refractivity contribution in [2.75, 3.05) is 32.6 Å². The van der Waals surface area contributed by atoms with Crippen LogP contribution in [0.4, 0.5) is 0 Å². The van der Waals surface area contributed by atoms with Crippen LogP contribution in [0.2, 0.25) is 0 Å². The quantitative estimate of drug-likeness (QED) is 0.825. The average Bonchev–Trinajstić information content (AvgIpc) is 2.51. The highest BCUT2D eigenvalue weighted by Crippen LogP contribution is 2.23. The number of piperidine rings is 1. The zero-order valence-corrected chi connectivity index (χ0v) is 14.8. The number of methoxy groups -OCH3 is 1. The number of carbonyl (C=O) groups is 1. The fraction of sp³-hybridized carbons (Fsp3) is 0.588. The van der Waals surface area contributed by atoms with Crippen molar-refractivity contribution in [1.82, 2.24) is 4.90 Å². The fourth-order valence-corrected chi connectivity index (χ4v) is 4.30. The minimum atomic E-state index is -3.36. The maximum atomic E-state index is 12.6. The third-order valence-electron chi connectivity index (χ3n) is 4.17. The van der Waals surface area contributed by atoms with Gasteiger partial charge in [0.25, 0.3) is 5.91 Å². The van der Waals surface area contributed by atoms with Gasteiger partial charge in [-0.2, -0.15) is 0 Å². The Morgan fingerprint density at radius 3 is 2.26 bits per heavy atom. The molecule has 1 aromatic rings.